The summed E-state index contributed by atoms with van der Waals surface area (Å²) in [6.07, 6.45) is 1.61. The molecule has 2 N–H and O–H groups in total. The van der Waals surface area contributed by atoms with E-state index in [1.54, 1.807) is 55.8 Å². The van der Waals surface area contributed by atoms with Crippen LogP contribution in [-0.4, -0.2) is 35.4 Å². The summed E-state index contributed by atoms with van der Waals surface area (Å²) in [6.45, 7) is 3.69. The van der Waals surface area contributed by atoms with Crippen molar-refractivity contribution in [2.75, 3.05) is 18.7 Å². The Hall–Kier alpha value is -2.38. The molecule has 8 heteroatoms. The Bertz CT molecular complexity index is 900. The lowest BCUT2D eigenvalue weighted by atomic mass is 10.0. The molecule has 0 saturated heterocycles. The van der Waals surface area contributed by atoms with Crippen molar-refractivity contribution in [2.45, 2.75) is 25.6 Å². The molecule has 2 aromatic carbocycles. The Labute approximate surface area is 178 Å². The number of carbonyl (C=O) groups is 2. The van der Waals surface area contributed by atoms with Crippen LogP contribution in [0.5, 0.6) is 5.75 Å². The van der Waals surface area contributed by atoms with Crippen molar-refractivity contribution >= 4 is 39.9 Å². The SMILES string of the molecule is COc1ccc(C(=O)NC(C(=O)Nc2cc(CS(C)=O)ccc2Cl)C(C)C)cc1. The van der Waals surface area contributed by atoms with Gasteiger partial charge in [-0.15, -0.1) is 0 Å². The first-order chi connectivity index (χ1) is 13.7. The second-order valence-electron chi connectivity index (χ2n) is 6.94. The average Bonchev–Trinajstić information content (AvgIpc) is 2.67. The van der Waals surface area contributed by atoms with Crippen molar-refractivity contribution in [1.29, 1.82) is 0 Å². The lowest BCUT2D eigenvalue weighted by molar-refractivity contribution is -0.118. The fraction of sp³-hybridized carbons (Fsp3) is 0.333. The van der Waals surface area contributed by atoms with Gasteiger partial charge in [0.2, 0.25) is 5.91 Å². The molecule has 2 amide bonds. The van der Waals surface area contributed by atoms with Gasteiger partial charge in [-0.2, -0.15) is 0 Å². The second-order valence-corrected chi connectivity index (χ2v) is 8.79. The van der Waals surface area contributed by atoms with Crippen molar-refractivity contribution in [2.24, 2.45) is 5.92 Å². The zero-order valence-corrected chi connectivity index (χ0v) is 18.4. The van der Waals surface area contributed by atoms with E-state index < -0.39 is 16.8 Å². The lowest BCUT2D eigenvalue weighted by Crippen LogP contribution is -2.47. The number of hydrogen-bond donors (Lipinski definition) is 2. The minimum absolute atomic E-state index is 0.151. The average molecular weight is 437 g/mol. The summed E-state index contributed by atoms with van der Waals surface area (Å²) in [4.78, 5) is 25.4. The molecule has 0 saturated carbocycles. The van der Waals surface area contributed by atoms with Crippen molar-refractivity contribution in [1.82, 2.24) is 5.32 Å². The number of carbonyl (C=O) groups excluding carboxylic acids is 2. The highest BCUT2D eigenvalue weighted by atomic mass is 35.5. The van der Waals surface area contributed by atoms with Crippen molar-refractivity contribution in [3.8, 4) is 5.75 Å². The zero-order chi connectivity index (χ0) is 21.6. The highest BCUT2D eigenvalue weighted by Crippen LogP contribution is 2.24. The smallest absolute Gasteiger partial charge is 0.251 e. The number of amides is 2. The first kappa shape index (κ1) is 22.9. The maximum Gasteiger partial charge on any atom is 0.251 e. The number of hydrogen-bond acceptors (Lipinski definition) is 4. The zero-order valence-electron chi connectivity index (χ0n) is 16.8. The van der Waals surface area contributed by atoms with Crippen molar-refractivity contribution in [3.05, 3.63) is 58.6 Å². The number of nitrogens with one attached hydrogen (secondary N) is 2. The van der Waals surface area contributed by atoms with Crippen LogP contribution in [0.25, 0.3) is 0 Å². The van der Waals surface area contributed by atoms with Gasteiger partial charge in [0.1, 0.15) is 11.8 Å². The molecule has 29 heavy (non-hydrogen) atoms. The Morgan fingerprint density at radius 1 is 1.14 bits per heavy atom. The summed E-state index contributed by atoms with van der Waals surface area (Å²) in [5, 5.41) is 5.92. The van der Waals surface area contributed by atoms with E-state index in [2.05, 4.69) is 10.6 Å². The van der Waals surface area contributed by atoms with Gasteiger partial charge in [0.25, 0.3) is 5.91 Å². The third kappa shape index (κ3) is 6.58. The molecule has 0 radical (unpaired) electrons. The maximum atomic E-state index is 12.8. The predicted molar refractivity (Wildman–Crippen MR) is 117 cm³/mol. The highest BCUT2D eigenvalue weighted by molar-refractivity contribution is 7.83. The van der Waals surface area contributed by atoms with Gasteiger partial charge in [-0.3, -0.25) is 13.8 Å². The monoisotopic (exact) mass is 436 g/mol. The summed E-state index contributed by atoms with van der Waals surface area (Å²) in [5.74, 6) is 0.118. The number of halogens is 1. The number of anilines is 1. The van der Waals surface area contributed by atoms with Crippen LogP contribution in [0.15, 0.2) is 42.5 Å². The van der Waals surface area contributed by atoms with E-state index in [4.69, 9.17) is 16.3 Å². The maximum absolute atomic E-state index is 12.8. The van der Waals surface area contributed by atoms with E-state index >= 15 is 0 Å². The van der Waals surface area contributed by atoms with E-state index in [1.165, 1.54) is 0 Å². The molecule has 0 fully saturated rings. The van der Waals surface area contributed by atoms with E-state index in [0.29, 0.717) is 27.8 Å². The molecule has 0 aromatic heterocycles. The molecule has 0 bridgehead atoms. The molecule has 0 aliphatic carbocycles. The minimum atomic E-state index is -1.01. The summed E-state index contributed by atoms with van der Waals surface area (Å²) in [5.41, 5.74) is 1.65. The van der Waals surface area contributed by atoms with Gasteiger partial charge in [0.05, 0.1) is 17.8 Å². The predicted octanol–water partition coefficient (Wildman–Crippen LogP) is 3.62. The third-order valence-corrected chi connectivity index (χ3v) is 5.32. The van der Waals surface area contributed by atoms with Crippen LogP contribution < -0.4 is 15.4 Å². The molecule has 156 valence electrons. The molecule has 0 aliphatic rings. The first-order valence-electron chi connectivity index (χ1n) is 9.05. The van der Waals surface area contributed by atoms with Crippen LogP contribution in [0.3, 0.4) is 0 Å². The Balaban J connectivity index is 2.15. The summed E-state index contributed by atoms with van der Waals surface area (Å²) in [7, 11) is 0.535. The van der Waals surface area contributed by atoms with E-state index in [0.717, 1.165) is 5.56 Å². The Morgan fingerprint density at radius 3 is 2.34 bits per heavy atom. The minimum Gasteiger partial charge on any atom is -0.497 e. The molecule has 0 heterocycles. The van der Waals surface area contributed by atoms with Crippen LogP contribution in [0.1, 0.15) is 29.8 Å². The second kappa shape index (κ2) is 10.4. The molecule has 2 atom stereocenters. The van der Waals surface area contributed by atoms with Crippen LogP contribution in [0.4, 0.5) is 5.69 Å². The molecular formula is C21H25ClN2O4S. The molecule has 2 aromatic rings. The third-order valence-electron chi connectivity index (χ3n) is 4.25. The number of rotatable bonds is 8. The molecule has 6 nitrogen and oxygen atoms in total. The van der Waals surface area contributed by atoms with Crippen molar-refractivity contribution in [3.63, 3.8) is 0 Å². The standard InChI is InChI=1S/C21H25ClN2O4S/c1-13(2)19(24-20(25)15-6-8-16(28-3)9-7-15)21(26)23-18-11-14(12-29(4)27)5-10-17(18)22/h5-11,13,19H,12H2,1-4H3,(H,23,26)(H,24,25). The van der Waals surface area contributed by atoms with Gasteiger partial charge >= 0.3 is 0 Å². The van der Waals surface area contributed by atoms with Gasteiger partial charge in [-0.25, -0.2) is 0 Å². The van der Waals surface area contributed by atoms with Gasteiger partial charge in [-0.05, 0) is 47.9 Å². The van der Waals surface area contributed by atoms with Crippen molar-refractivity contribution < 1.29 is 18.5 Å². The van der Waals surface area contributed by atoms with E-state index in [1.807, 2.05) is 13.8 Å². The summed E-state index contributed by atoms with van der Waals surface area (Å²) >= 11 is 6.20. The van der Waals surface area contributed by atoms with Gasteiger partial charge < -0.3 is 15.4 Å². The quantitative estimate of drug-likeness (QED) is 0.661. The summed E-state index contributed by atoms with van der Waals surface area (Å²) in [6, 6.07) is 11.0. The molecule has 0 spiro atoms. The fourth-order valence-electron chi connectivity index (χ4n) is 2.71. The Kier molecular flexibility index (Phi) is 8.22. The van der Waals surface area contributed by atoms with Crippen LogP contribution >= 0.6 is 11.6 Å². The largest absolute Gasteiger partial charge is 0.497 e. The molecule has 2 rings (SSSR count). The number of ether oxygens (including phenoxy) is 1. The lowest BCUT2D eigenvalue weighted by Gasteiger charge is -2.22. The fourth-order valence-corrected chi connectivity index (χ4v) is 3.52. The van der Waals surface area contributed by atoms with E-state index in [-0.39, 0.29) is 17.7 Å². The topological polar surface area (TPSA) is 84.5 Å². The first-order valence-corrected chi connectivity index (χ1v) is 11.2. The summed E-state index contributed by atoms with van der Waals surface area (Å²) < 4.78 is 16.6. The van der Waals surface area contributed by atoms with Crippen LogP contribution in [0, 0.1) is 5.92 Å². The normalized spacial score (nSPS) is 12.9. The van der Waals surface area contributed by atoms with Crippen LogP contribution in [0.2, 0.25) is 5.02 Å². The van der Waals surface area contributed by atoms with Gasteiger partial charge in [0.15, 0.2) is 0 Å². The highest BCUT2D eigenvalue weighted by Gasteiger charge is 2.25. The van der Waals surface area contributed by atoms with E-state index in [9.17, 15) is 13.8 Å². The van der Waals surface area contributed by atoms with Gasteiger partial charge in [0, 0.05) is 28.4 Å². The number of methoxy groups -OCH3 is 1. The van der Waals surface area contributed by atoms with Crippen LogP contribution in [-0.2, 0) is 21.3 Å². The Morgan fingerprint density at radius 2 is 1.79 bits per heavy atom. The molecular weight excluding hydrogens is 412 g/mol. The molecule has 0 aliphatic heterocycles. The number of benzene rings is 2. The molecule has 2 unspecified atom stereocenters. The van der Waals surface area contributed by atoms with Gasteiger partial charge in [-0.1, -0.05) is 31.5 Å².